The summed E-state index contributed by atoms with van der Waals surface area (Å²) in [7, 11) is -4.42. The molecule has 1 rings (SSSR count). The Balaban J connectivity index is 0.00000169. The predicted molar refractivity (Wildman–Crippen MR) is 45.1 cm³/mol. The van der Waals surface area contributed by atoms with Crippen molar-refractivity contribution in [3.05, 3.63) is 17.2 Å². The van der Waals surface area contributed by atoms with Crippen molar-refractivity contribution in [2.75, 3.05) is 5.73 Å². The maximum Gasteiger partial charge on any atom is 1.00 e. The van der Waals surface area contributed by atoms with Gasteiger partial charge in [-0.2, -0.15) is 8.42 Å². The van der Waals surface area contributed by atoms with Crippen molar-refractivity contribution < 1.29 is 69.5 Å². The van der Waals surface area contributed by atoms with Crippen LogP contribution in [0.3, 0.4) is 0 Å². The Morgan fingerprint density at radius 2 is 1.93 bits per heavy atom. The van der Waals surface area contributed by atoms with E-state index >= 15 is 0 Å². The fourth-order valence-corrected chi connectivity index (χ4v) is 1.78. The molecule has 14 heavy (non-hydrogen) atoms. The summed E-state index contributed by atoms with van der Waals surface area (Å²) >= 11 is 5.39. The second-order valence-electron chi connectivity index (χ2n) is 2.30. The van der Waals surface area contributed by atoms with Gasteiger partial charge in [0.05, 0.1) is 5.02 Å². The van der Waals surface area contributed by atoms with Crippen LogP contribution in [0.5, 0.6) is 5.75 Å². The Kier molecular flexibility index (Phi) is 5.37. The minimum atomic E-state index is -4.42. The first-order chi connectivity index (χ1) is 5.82. The fraction of sp³-hybridized carbons (Fsp3) is 0. The van der Waals surface area contributed by atoms with E-state index in [1.165, 1.54) is 0 Å². The third-order valence-electron chi connectivity index (χ3n) is 1.34. The van der Waals surface area contributed by atoms with E-state index in [1.807, 2.05) is 0 Å². The number of rotatable bonds is 1. The molecule has 0 aliphatic heterocycles. The Bertz CT molecular complexity index is 447. The smallest absolute Gasteiger partial charge is 0.871 e. The number of hydrogen-bond donors (Lipinski definition) is 2. The fourth-order valence-electron chi connectivity index (χ4n) is 0.749. The van der Waals surface area contributed by atoms with Gasteiger partial charge in [-0.1, -0.05) is 17.4 Å². The molecule has 0 aliphatic carbocycles. The van der Waals surface area contributed by atoms with Crippen molar-refractivity contribution in [2.24, 2.45) is 0 Å². The van der Waals surface area contributed by atoms with Gasteiger partial charge in [-0.15, -0.1) is 0 Å². The van der Waals surface area contributed by atoms with Crippen molar-refractivity contribution in [1.82, 2.24) is 0 Å². The summed E-state index contributed by atoms with van der Waals surface area (Å²) in [4.78, 5) is -0.564. The molecule has 0 heterocycles. The van der Waals surface area contributed by atoms with E-state index in [0.29, 0.717) is 0 Å². The molecule has 0 radical (unpaired) electrons. The average Bonchev–Trinajstić information content (AvgIpc) is 1.94. The van der Waals surface area contributed by atoms with Gasteiger partial charge in [-0.3, -0.25) is 4.55 Å². The number of benzene rings is 1. The monoisotopic (exact) mass is 261 g/mol. The number of anilines is 1. The van der Waals surface area contributed by atoms with E-state index in [2.05, 4.69) is 0 Å². The number of nitrogen functional groups attached to an aromatic ring is 1. The number of halogens is 1. The average molecular weight is 262 g/mol. The maximum atomic E-state index is 10.8. The molecule has 5 nitrogen and oxygen atoms in total. The summed E-state index contributed by atoms with van der Waals surface area (Å²) in [6.45, 7) is 0. The summed E-state index contributed by atoms with van der Waals surface area (Å²) in [5, 5.41) is 10.5. The summed E-state index contributed by atoms with van der Waals surface area (Å²) in [6, 6.07) is 1.65. The van der Waals surface area contributed by atoms with Gasteiger partial charge in [0.1, 0.15) is 4.90 Å². The molecule has 0 spiro atoms. The number of nitrogens with two attached hydrogens (primary N) is 1. The van der Waals surface area contributed by atoms with Crippen LogP contribution in [0.1, 0.15) is 0 Å². The quantitative estimate of drug-likeness (QED) is 0.324. The Labute approximate surface area is 128 Å². The second-order valence-corrected chi connectivity index (χ2v) is 4.09. The van der Waals surface area contributed by atoms with E-state index < -0.39 is 20.8 Å². The normalized spacial score (nSPS) is 10.7. The van der Waals surface area contributed by atoms with E-state index in [1.54, 1.807) is 0 Å². The minimum Gasteiger partial charge on any atom is -0.871 e. The molecule has 0 aromatic heterocycles. The predicted octanol–water partition coefficient (Wildman–Crippen LogP) is -2.75. The van der Waals surface area contributed by atoms with E-state index in [9.17, 15) is 13.5 Å². The Morgan fingerprint density at radius 1 is 1.43 bits per heavy atom. The Hall–Kier alpha value is 0.656. The minimum absolute atomic E-state index is 0. The van der Waals surface area contributed by atoms with Crippen molar-refractivity contribution in [3.8, 4) is 5.75 Å². The van der Waals surface area contributed by atoms with E-state index in [-0.39, 0.29) is 62.1 Å². The van der Waals surface area contributed by atoms with Crippen LogP contribution in [0, 0.1) is 0 Å². The molecule has 0 saturated heterocycles. The van der Waals surface area contributed by atoms with Crippen LogP contribution >= 0.6 is 11.6 Å². The van der Waals surface area contributed by atoms with Gasteiger partial charge in [0, 0.05) is 5.69 Å². The van der Waals surface area contributed by atoms with E-state index in [4.69, 9.17) is 21.9 Å². The van der Waals surface area contributed by atoms with Gasteiger partial charge < -0.3 is 10.8 Å². The van der Waals surface area contributed by atoms with Crippen LogP contribution in [0.15, 0.2) is 17.0 Å². The van der Waals surface area contributed by atoms with Gasteiger partial charge in [0.2, 0.25) is 0 Å². The zero-order valence-electron chi connectivity index (χ0n) is 7.19. The molecule has 72 valence electrons. The molecule has 0 fully saturated rings. The number of hydrogen-bond acceptors (Lipinski definition) is 4. The molecule has 0 amide bonds. The largest absolute Gasteiger partial charge is 1.00 e. The molecular weight excluding hydrogens is 257 g/mol. The standard InChI is InChI=1S/C6H6ClNO4S.K/c7-3-1-5(9)4(8)2-6(3)13(10,11)12;/h1-2,9H,8H2,(H,10,11,12);/q;+1/p-1. The SMILES string of the molecule is Nc1cc(S(=O)(=O)O)c(Cl)cc1[O-].[K+]. The van der Waals surface area contributed by atoms with Gasteiger partial charge in [-0.25, -0.2) is 0 Å². The molecule has 0 unspecified atom stereocenters. The molecule has 0 atom stereocenters. The van der Waals surface area contributed by atoms with Crippen LogP contribution in [-0.4, -0.2) is 13.0 Å². The molecule has 0 aliphatic rings. The first-order valence-corrected chi connectivity index (χ1v) is 4.87. The van der Waals surface area contributed by atoms with Crippen LogP contribution in [0.4, 0.5) is 5.69 Å². The van der Waals surface area contributed by atoms with Crippen LogP contribution in [0.25, 0.3) is 0 Å². The van der Waals surface area contributed by atoms with Crippen molar-refractivity contribution >= 4 is 27.4 Å². The molecule has 1 aromatic carbocycles. The zero-order valence-corrected chi connectivity index (χ0v) is 11.9. The van der Waals surface area contributed by atoms with Gasteiger partial charge >= 0.3 is 51.4 Å². The molecule has 1 aromatic rings. The van der Waals surface area contributed by atoms with Crippen LogP contribution in [0.2, 0.25) is 5.02 Å². The molecule has 0 saturated carbocycles. The van der Waals surface area contributed by atoms with Crippen molar-refractivity contribution in [2.45, 2.75) is 4.90 Å². The first kappa shape index (κ1) is 14.7. The second kappa shape index (κ2) is 5.13. The van der Waals surface area contributed by atoms with E-state index in [0.717, 1.165) is 12.1 Å². The summed E-state index contributed by atoms with van der Waals surface area (Å²) in [6.07, 6.45) is 0. The molecule has 0 bridgehead atoms. The summed E-state index contributed by atoms with van der Waals surface area (Å²) in [5.74, 6) is -0.586. The van der Waals surface area contributed by atoms with Gasteiger partial charge in [0.25, 0.3) is 10.1 Å². The summed E-state index contributed by atoms with van der Waals surface area (Å²) in [5.41, 5.74) is 4.86. The molecule has 3 N–H and O–H groups in total. The topological polar surface area (TPSA) is 103 Å². The van der Waals surface area contributed by atoms with Crippen LogP contribution < -0.4 is 62.2 Å². The zero-order chi connectivity index (χ0) is 10.2. The molecular formula is C6H5ClKNO4S. The summed E-state index contributed by atoms with van der Waals surface area (Å²) < 4.78 is 29.9. The van der Waals surface area contributed by atoms with Gasteiger partial charge in [0.15, 0.2) is 0 Å². The van der Waals surface area contributed by atoms with Gasteiger partial charge in [-0.05, 0) is 12.1 Å². The van der Waals surface area contributed by atoms with Crippen molar-refractivity contribution in [1.29, 1.82) is 0 Å². The van der Waals surface area contributed by atoms with Crippen molar-refractivity contribution in [3.63, 3.8) is 0 Å². The maximum absolute atomic E-state index is 10.8. The third kappa shape index (κ3) is 3.35. The third-order valence-corrected chi connectivity index (χ3v) is 2.66. The Morgan fingerprint density at radius 3 is 2.36 bits per heavy atom. The molecule has 8 heteroatoms. The van der Waals surface area contributed by atoms with Crippen LogP contribution in [-0.2, 0) is 10.1 Å². The first-order valence-electron chi connectivity index (χ1n) is 3.06.